The minimum atomic E-state index is 0.0231. The van der Waals surface area contributed by atoms with Crippen molar-refractivity contribution < 1.29 is 9.53 Å². The number of nitrogens with zero attached hydrogens (tertiary/aromatic N) is 2. The molecular weight excluding hydrogens is 360 g/mol. The van der Waals surface area contributed by atoms with Gasteiger partial charge in [-0.05, 0) is 54.9 Å². The van der Waals surface area contributed by atoms with Crippen LogP contribution in [0.25, 0.3) is 0 Å². The number of hydrogen-bond acceptors (Lipinski definition) is 4. The first-order chi connectivity index (χ1) is 13.6. The fraction of sp³-hybridized carbons (Fsp3) is 0.880. The van der Waals surface area contributed by atoms with Gasteiger partial charge in [0.25, 0.3) is 0 Å². The number of allylic oxidation sites excluding steroid dienone is 1. The second-order valence-corrected chi connectivity index (χ2v) is 12.5. The molecule has 0 radical (unpaired) electrons. The van der Waals surface area contributed by atoms with Crippen molar-refractivity contribution in [3.05, 3.63) is 11.6 Å². The summed E-state index contributed by atoms with van der Waals surface area (Å²) in [6.45, 7) is 15.1. The van der Waals surface area contributed by atoms with Crippen LogP contribution in [0.2, 0.25) is 0 Å². The van der Waals surface area contributed by atoms with Crippen molar-refractivity contribution in [2.75, 3.05) is 39.8 Å². The SMILES string of the molecule is C[C@@H]1CCC[C@@]2(C)C[C@@H]3OC(=O)[C@@H](CN4C[C@]5(C)CN(C)C[C@](C)(C4)C5)[C@@H]3C=C12. The maximum absolute atomic E-state index is 13.0. The van der Waals surface area contributed by atoms with Gasteiger partial charge in [0, 0.05) is 38.6 Å². The normalized spacial score (nSPS) is 50.5. The molecule has 162 valence electrons. The molecule has 0 unspecified atom stereocenters. The molecule has 3 aliphatic heterocycles. The highest BCUT2D eigenvalue weighted by molar-refractivity contribution is 5.76. The molecule has 2 aliphatic carbocycles. The van der Waals surface area contributed by atoms with E-state index in [4.69, 9.17) is 4.74 Å². The molecule has 3 heterocycles. The Labute approximate surface area is 177 Å². The molecule has 4 heteroatoms. The number of likely N-dealkylation sites (tertiary alicyclic amines) is 2. The molecule has 0 aromatic rings. The van der Waals surface area contributed by atoms with Crippen molar-refractivity contribution in [1.29, 1.82) is 0 Å². The fourth-order valence-electron chi connectivity index (χ4n) is 8.51. The van der Waals surface area contributed by atoms with Crippen molar-refractivity contribution in [2.45, 2.75) is 65.9 Å². The molecule has 5 aliphatic rings. The minimum absolute atomic E-state index is 0.0231. The molecule has 1 saturated carbocycles. The number of fused-ring (bicyclic) bond motifs is 4. The van der Waals surface area contributed by atoms with Crippen molar-refractivity contribution in [1.82, 2.24) is 9.80 Å². The van der Waals surface area contributed by atoms with Gasteiger partial charge in [0.2, 0.25) is 0 Å². The molecule has 7 atom stereocenters. The van der Waals surface area contributed by atoms with E-state index in [0.717, 1.165) is 26.1 Å². The third-order valence-electron chi connectivity index (χ3n) is 8.90. The number of carbonyl (C=O) groups excluding carboxylic acids is 1. The first kappa shape index (κ1) is 20.1. The van der Waals surface area contributed by atoms with E-state index in [2.05, 4.69) is 50.6 Å². The molecule has 2 bridgehead atoms. The summed E-state index contributed by atoms with van der Waals surface area (Å²) in [4.78, 5) is 18.1. The van der Waals surface area contributed by atoms with Gasteiger partial charge in [0.1, 0.15) is 6.10 Å². The Balaban J connectivity index is 1.37. The van der Waals surface area contributed by atoms with Gasteiger partial charge < -0.3 is 14.5 Å². The Morgan fingerprint density at radius 1 is 1.14 bits per heavy atom. The van der Waals surface area contributed by atoms with Gasteiger partial charge in [0.15, 0.2) is 0 Å². The lowest BCUT2D eigenvalue weighted by atomic mass is 9.59. The lowest BCUT2D eigenvalue weighted by molar-refractivity contribution is -0.146. The second kappa shape index (κ2) is 6.56. The fourth-order valence-corrected chi connectivity index (χ4v) is 8.51. The molecule has 0 spiro atoms. The van der Waals surface area contributed by atoms with E-state index in [1.165, 1.54) is 38.8 Å². The summed E-state index contributed by atoms with van der Waals surface area (Å²) in [6, 6.07) is 0. The molecule has 0 aromatic heterocycles. The van der Waals surface area contributed by atoms with Crippen molar-refractivity contribution in [2.24, 2.45) is 34.0 Å². The van der Waals surface area contributed by atoms with Crippen LogP contribution in [0.4, 0.5) is 0 Å². The van der Waals surface area contributed by atoms with Crippen LogP contribution in [0.3, 0.4) is 0 Å². The van der Waals surface area contributed by atoms with E-state index in [1.54, 1.807) is 5.57 Å². The predicted octanol–water partition coefficient (Wildman–Crippen LogP) is 3.96. The van der Waals surface area contributed by atoms with Crippen LogP contribution in [0.1, 0.15) is 59.8 Å². The number of rotatable bonds is 2. The van der Waals surface area contributed by atoms with Crippen LogP contribution in [-0.2, 0) is 9.53 Å². The quantitative estimate of drug-likeness (QED) is 0.519. The van der Waals surface area contributed by atoms with Crippen LogP contribution in [0.15, 0.2) is 11.6 Å². The third-order valence-corrected chi connectivity index (χ3v) is 8.90. The minimum Gasteiger partial charge on any atom is -0.461 e. The van der Waals surface area contributed by atoms with Crippen LogP contribution in [0.5, 0.6) is 0 Å². The van der Waals surface area contributed by atoms with E-state index in [-0.39, 0.29) is 29.3 Å². The number of esters is 1. The smallest absolute Gasteiger partial charge is 0.311 e. The molecule has 0 aromatic carbocycles. The van der Waals surface area contributed by atoms with Crippen LogP contribution < -0.4 is 0 Å². The van der Waals surface area contributed by atoms with E-state index >= 15 is 0 Å². The third kappa shape index (κ3) is 3.39. The van der Waals surface area contributed by atoms with Gasteiger partial charge in [-0.2, -0.15) is 0 Å². The topological polar surface area (TPSA) is 32.8 Å². The van der Waals surface area contributed by atoms with E-state index in [9.17, 15) is 4.79 Å². The zero-order valence-corrected chi connectivity index (χ0v) is 19.2. The zero-order chi connectivity index (χ0) is 20.6. The molecule has 29 heavy (non-hydrogen) atoms. The number of hydrogen-bond donors (Lipinski definition) is 0. The lowest BCUT2D eigenvalue weighted by Crippen LogP contribution is -2.62. The molecule has 0 amide bonds. The molecule has 0 N–H and O–H groups in total. The summed E-state index contributed by atoms with van der Waals surface area (Å²) in [5.41, 5.74) is 2.55. The number of ether oxygens (including phenoxy) is 1. The highest BCUT2D eigenvalue weighted by atomic mass is 16.6. The maximum Gasteiger partial charge on any atom is 0.311 e. The summed E-state index contributed by atoms with van der Waals surface area (Å²) in [7, 11) is 2.26. The maximum atomic E-state index is 13.0. The summed E-state index contributed by atoms with van der Waals surface area (Å²) >= 11 is 0. The molecule has 4 nitrogen and oxygen atoms in total. The van der Waals surface area contributed by atoms with Crippen LogP contribution in [-0.4, -0.2) is 61.6 Å². The zero-order valence-electron chi connectivity index (χ0n) is 19.2. The van der Waals surface area contributed by atoms with Gasteiger partial charge in [-0.3, -0.25) is 4.79 Å². The molecular formula is C25H40N2O2. The van der Waals surface area contributed by atoms with E-state index < -0.39 is 0 Å². The number of carbonyl (C=O) groups is 1. The Kier molecular flexibility index (Phi) is 4.54. The Hall–Kier alpha value is -0.870. The monoisotopic (exact) mass is 400 g/mol. The summed E-state index contributed by atoms with van der Waals surface area (Å²) in [6.07, 6.45) is 8.82. The van der Waals surface area contributed by atoms with Gasteiger partial charge in [-0.1, -0.05) is 45.8 Å². The van der Waals surface area contributed by atoms with Gasteiger partial charge in [-0.25, -0.2) is 0 Å². The highest BCUT2D eigenvalue weighted by Gasteiger charge is 2.53. The Bertz CT molecular complexity index is 714. The van der Waals surface area contributed by atoms with Crippen molar-refractivity contribution in [3.8, 4) is 0 Å². The number of piperidine rings is 2. The average Bonchev–Trinajstić information content (AvgIpc) is 2.84. The first-order valence-electron chi connectivity index (χ1n) is 11.9. The second-order valence-electron chi connectivity index (χ2n) is 12.5. The molecule has 4 fully saturated rings. The van der Waals surface area contributed by atoms with Crippen LogP contribution >= 0.6 is 0 Å². The Morgan fingerprint density at radius 2 is 1.83 bits per heavy atom. The molecule has 5 rings (SSSR count). The van der Waals surface area contributed by atoms with Gasteiger partial charge in [0.05, 0.1) is 5.92 Å². The summed E-state index contributed by atoms with van der Waals surface area (Å²) in [5.74, 6) is 1.04. The van der Waals surface area contributed by atoms with Crippen molar-refractivity contribution in [3.63, 3.8) is 0 Å². The van der Waals surface area contributed by atoms with E-state index in [1.807, 2.05) is 0 Å². The molecule has 3 saturated heterocycles. The van der Waals surface area contributed by atoms with E-state index in [0.29, 0.717) is 16.7 Å². The first-order valence-corrected chi connectivity index (χ1v) is 11.9. The Morgan fingerprint density at radius 3 is 2.52 bits per heavy atom. The van der Waals surface area contributed by atoms with Crippen molar-refractivity contribution >= 4 is 5.97 Å². The standard InChI is InChI=1S/C25H40N2O2/c1-17-7-6-8-25(4)10-21-18(9-20(17)25)19(22(28)29-21)11-27-15-23(2)12-24(3,16-27)14-26(5)13-23/h9,17-19,21H,6-8,10-16H2,1-5H3/t17-,18+,19+,21+,23-,24+,25+/m1/s1. The van der Waals surface area contributed by atoms with Gasteiger partial charge in [-0.15, -0.1) is 0 Å². The summed E-state index contributed by atoms with van der Waals surface area (Å²) < 4.78 is 6.01. The van der Waals surface area contributed by atoms with Gasteiger partial charge >= 0.3 is 5.97 Å². The highest BCUT2D eigenvalue weighted by Crippen LogP contribution is 2.54. The summed E-state index contributed by atoms with van der Waals surface area (Å²) in [5, 5.41) is 0. The average molecular weight is 401 g/mol. The lowest BCUT2D eigenvalue weighted by Gasteiger charge is -2.56. The van der Waals surface area contributed by atoms with Crippen LogP contribution in [0, 0.1) is 34.0 Å². The largest absolute Gasteiger partial charge is 0.461 e. The predicted molar refractivity (Wildman–Crippen MR) is 115 cm³/mol.